The summed E-state index contributed by atoms with van der Waals surface area (Å²) in [5.74, 6) is 1.53. The van der Waals surface area contributed by atoms with E-state index in [1.165, 1.54) is 18.4 Å². The lowest BCUT2D eigenvalue weighted by molar-refractivity contribution is 0.108. The molecule has 1 aliphatic rings. The Morgan fingerprint density at radius 1 is 1.30 bits per heavy atom. The van der Waals surface area contributed by atoms with Gasteiger partial charge in [0, 0.05) is 24.8 Å². The molecule has 0 spiro atoms. The number of hydrogen-bond donors (Lipinski definition) is 1. The number of para-hydroxylation sites is 1. The van der Waals surface area contributed by atoms with Gasteiger partial charge in [-0.05, 0) is 31.7 Å². The van der Waals surface area contributed by atoms with Crippen LogP contribution in [0.15, 0.2) is 24.3 Å². The maximum atomic E-state index is 5.92. The first-order chi connectivity index (χ1) is 9.66. The number of ether oxygens (including phenoxy) is 2. The van der Waals surface area contributed by atoms with Crippen molar-refractivity contribution in [3.8, 4) is 5.75 Å². The predicted octanol–water partition coefficient (Wildman–Crippen LogP) is 3.55. The molecule has 1 heterocycles. The zero-order valence-corrected chi connectivity index (χ0v) is 12.9. The van der Waals surface area contributed by atoms with E-state index in [4.69, 9.17) is 9.47 Å². The molecule has 0 unspecified atom stereocenters. The van der Waals surface area contributed by atoms with Crippen molar-refractivity contribution in [1.82, 2.24) is 5.32 Å². The molecule has 1 aromatic rings. The van der Waals surface area contributed by atoms with E-state index >= 15 is 0 Å². The van der Waals surface area contributed by atoms with Crippen molar-refractivity contribution in [2.24, 2.45) is 5.92 Å². The number of hydrogen-bond acceptors (Lipinski definition) is 3. The molecule has 2 atom stereocenters. The van der Waals surface area contributed by atoms with Crippen LogP contribution in [0.2, 0.25) is 0 Å². The Labute approximate surface area is 122 Å². The van der Waals surface area contributed by atoms with Crippen molar-refractivity contribution in [2.75, 3.05) is 19.8 Å². The molecule has 1 saturated heterocycles. The van der Waals surface area contributed by atoms with Crippen LogP contribution >= 0.6 is 0 Å². The standard InChI is InChI=1S/C17H27NO2/c1-13(2)12-20-17-9-5-4-8-16(17)14(3)18-11-15-7-6-10-19-15/h4-5,8-9,13-15,18H,6-7,10-12H2,1-3H3/t14-,15+/m0/s1. The first-order valence-corrected chi connectivity index (χ1v) is 7.73. The van der Waals surface area contributed by atoms with Crippen molar-refractivity contribution in [2.45, 2.75) is 45.8 Å². The topological polar surface area (TPSA) is 30.5 Å². The zero-order chi connectivity index (χ0) is 14.4. The highest BCUT2D eigenvalue weighted by Gasteiger charge is 2.17. The summed E-state index contributed by atoms with van der Waals surface area (Å²) in [5.41, 5.74) is 1.23. The fourth-order valence-electron chi connectivity index (χ4n) is 2.45. The second-order valence-electron chi connectivity index (χ2n) is 6.01. The van der Waals surface area contributed by atoms with E-state index in [2.05, 4.69) is 44.3 Å². The first kappa shape index (κ1) is 15.3. The Morgan fingerprint density at radius 3 is 2.80 bits per heavy atom. The van der Waals surface area contributed by atoms with E-state index in [1.807, 2.05) is 6.07 Å². The molecular formula is C17H27NO2. The van der Waals surface area contributed by atoms with Gasteiger partial charge in [0.05, 0.1) is 12.7 Å². The van der Waals surface area contributed by atoms with Gasteiger partial charge in [0.1, 0.15) is 5.75 Å². The van der Waals surface area contributed by atoms with Crippen molar-refractivity contribution in [3.05, 3.63) is 29.8 Å². The minimum absolute atomic E-state index is 0.280. The normalized spacial score (nSPS) is 20.3. The molecule has 3 heteroatoms. The third kappa shape index (κ3) is 4.50. The quantitative estimate of drug-likeness (QED) is 0.826. The summed E-state index contributed by atoms with van der Waals surface area (Å²) in [4.78, 5) is 0. The van der Waals surface area contributed by atoms with E-state index in [0.717, 1.165) is 25.5 Å². The molecule has 0 radical (unpaired) electrons. The van der Waals surface area contributed by atoms with E-state index in [9.17, 15) is 0 Å². The Hall–Kier alpha value is -1.06. The molecule has 1 aliphatic heterocycles. The van der Waals surface area contributed by atoms with Gasteiger partial charge in [-0.3, -0.25) is 0 Å². The largest absolute Gasteiger partial charge is 0.493 e. The molecule has 112 valence electrons. The summed E-state index contributed by atoms with van der Waals surface area (Å²) in [6.07, 6.45) is 2.74. The average Bonchev–Trinajstić information content (AvgIpc) is 2.96. The predicted molar refractivity (Wildman–Crippen MR) is 82.2 cm³/mol. The SMILES string of the molecule is CC(C)COc1ccccc1[C@H](C)NC[C@H]1CCCO1. The van der Waals surface area contributed by atoms with Crippen LogP contribution in [-0.4, -0.2) is 25.9 Å². The van der Waals surface area contributed by atoms with Crippen molar-refractivity contribution in [1.29, 1.82) is 0 Å². The Kier molecular flexibility index (Phi) is 5.86. The second kappa shape index (κ2) is 7.65. The number of nitrogens with one attached hydrogen (secondary N) is 1. The molecule has 1 N–H and O–H groups in total. The summed E-state index contributed by atoms with van der Waals surface area (Å²) in [5, 5.41) is 3.56. The van der Waals surface area contributed by atoms with Gasteiger partial charge in [-0.25, -0.2) is 0 Å². The average molecular weight is 277 g/mol. The summed E-state index contributed by atoms with van der Waals surface area (Å²) in [6.45, 7) is 9.11. The molecule has 1 aromatic carbocycles. The van der Waals surface area contributed by atoms with Crippen LogP contribution in [0, 0.1) is 5.92 Å². The summed E-state index contributed by atoms with van der Waals surface area (Å²) < 4.78 is 11.6. The van der Waals surface area contributed by atoms with E-state index in [1.54, 1.807) is 0 Å². The molecule has 2 rings (SSSR count). The van der Waals surface area contributed by atoms with Crippen molar-refractivity contribution < 1.29 is 9.47 Å². The van der Waals surface area contributed by atoms with Gasteiger partial charge in [-0.1, -0.05) is 32.0 Å². The van der Waals surface area contributed by atoms with Crippen LogP contribution in [0.25, 0.3) is 0 Å². The van der Waals surface area contributed by atoms with Gasteiger partial charge in [0.15, 0.2) is 0 Å². The minimum Gasteiger partial charge on any atom is -0.493 e. The summed E-state index contributed by atoms with van der Waals surface area (Å²) in [7, 11) is 0. The highest BCUT2D eigenvalue weighted by Crippen LogP contribution is 2.25. The van der Waals surface area contributed by atoms with Crippen LogP contribution in [0.5, 0.6) is 5.75 Å². The first-order valence-electron chi connectivity index (χ1n) is 7.73. The van der Waals surface area contributed by atoms with Crippen LogP contribution in [0.1, 0.15) is 45.2 Å². The molecule has 3 nitrogen and oxygen atoms in total. The monoisotopic (exact) mass is 277 g/mol. The second-order valence-corrected chi connectivity index (χ2v) is 6.01. The maximum absolute atomic E-state index is 5.92. The van der Waals surface area contributed by atoms with Gasteiger partial charge >= 0.3 is 0 Å². The highest BCUT2D eigenvalue weighted by molar-refractivity contribution is 5.35. The summed E-state index contributed by atoms with van der Waals surface area (Å²) >= 11 is 0. The zero-order valence-electron chi connectivity index (χ0n) is 12.9. The molecule has 0 aliphatic carbocycles. The van der Waals surface area contributed by atoms with Crippen LogP contribution < -0.4 is 10.1 Å². The lowest BCUT2D eigenvalue weighted by Crippen LogP contribution is -2.29. The smallest absolute Gasteiger partial charge is 0.124 e. The summed E-state index contributed by atoms with van der Waals surface area (Å²) in [6, 6.07) is 8.58. The Morgan fingerprint density at radius 2 is 2.10 bits per heavy atom. The Balaban J connectivity index is 1.91. The minimum atomic E-state index is 0.280. The van der Waals surface area contributed by atoms with Gasteiger partial charge in [-0.15, -0.1) is 0 Å². The molecule has 0 bridgehead atoms. The molecule has 0 saturated carbocycles. The number of rotatable bonds is 7. The molecule has 0 amide bonds. The molecule has 0 aromatic heterocycles. The van der Waals surface area contributed by atoms with Crippen LogP contribution in [0.4, 0.5) is 0 Å². The highest BCUT2D eigenvalue weighted by atomic mass is 16.5. The lowest BCUT2D eigenvalue weighted by atomic mass is 10.1. The molecule has 20 heavy (non-hydrogen) atoms. The van der Waals surface area contributed by atoms with Gasteiger partial charge in [0.25, 0.3) is 0 Å². The third-order valence-electron chi connectivity index (χ3n) is 3.63. The van der Waals surface area contributed by atoms with Gasteiger partial charge in [0.2, 0.25) is 0 Å². The fourth-order valence-corrected chi connectivity index (χ4v) is 2.45. The van der Waals surface area contributed by atoms with E-state index < -0.39 is 0 Å². The van der Waals surface area contributed by atoms with Crippen LogP contribution in [-0.2, 0) is 4.74 Å². The maximum Gasteiger partial charge on any atom is 0.124 e. The van der Waals surface area contributed by atoms with Crippen molar-refractivity contribution >= 4 is 0 Å². The van der Waals surface area contributed by atoms with Crippen LogP contribution in [0.3, 0.4) is 0 Å². The molecular weight excluding hydrogens is 250 g/mol. The van der Waals surface area contributed by atoms with Gasteiger partial charge in [-0.2, -0.15) is 0 Å². The van der Waals surface area contributed by atoms with E-state index in [0.29, 0.717) is 12.0 Å². The van der Waals surface area contributed by atoms with E-state index in [-0.39, 0.29) is 6.04 Å². The number of benzene rings is 1. The Bertz CT molecular complexity index is 400. The third-order valence-corrected chi connectivity index (χ3v) is 3.63. The lowest BCUT2D eigenvalue weighted by Gasteiger charge is -2.20. The molecule has 1 fully saturated rings. The van der Waals surface area contributed by atoms with Crippen molar-refractivity contribution in [3.63, 3.8) is 0 Å². The van der Waals surface area contributed by atoms with Gasteiger partial charge < -0.3 is 14.8 Å². The fraction of sp³-hybridized carbons (Fsp3) is 0.647.